The highest BCUT2D eigenvalue weighted by Crippen LogP contribution is 2.24. The summed E-state index contributed by atoms with van der Waals surface area (Å²) in [6, 6.07) is 0.144. The van der Waals surface area contributed by atoms with Crippen LogP contribution < -0.4 is 16.2 Å². The highest BCUT2D eigenvalue weighted by Gasteiger charge is 2.20. The number of halogens is 1. The summed E-state index contributed by atoms with van der Waals surface area (Å²) < 4.78 is 1.73. The topological polar surface area (TPSA) is 84.4 Å². The Hall–Kier alpha value is -0.920. The van der Waals surface area contributed by atoms with E-state index in [9.17, 15) is 4.79 Å². The molecule has 1 saturated heterocycles. The second kappa shape index (κ2) is 5.81. The molecule has 1 aromatic heterocycles. The summed E-state index contributed by atoms with van der Waals surface area (Å²) in [7, 11) is 0. The van der Waals surface area contributed by atoms with Crippen molar-refractivity contribution in [3.05, 3.63) is 21.0 Å². The van der Waals surface area contributed by atoms with Gasteiger partial charge in [-0.2, -0.15) is 5.10 Å². The molecule has 0 amide bonds. The maximum absolute atomic E-state index is 12.0. The molecule has 0 aromatic carbocycles. The first-order valence-corrected chi connectivity index (χ1v) is 6.79. The Kier molecular flexibility index (Phi) is 4.36. The number of nitrogens with zero attached hydrogens (tertiary/aromatic N) is 3. The van der Waals surface area contributed by atoms with Crippen LogP contribution >= 0.6 is 15.9 Å². The van der Waals surface area contributed by atoms with Crippen LogP contribution in [-0.4, -0.2) is 40.6 Å². The van der Waals surface area contributed by atoms with Crippen molar-refractivity contribution in [2.24, 2.45) is 5.73 Å². The normalized spacial score (nSPS) is 20.2. The number of aliphatic hydroxyl groups is 1. The molecule has 0 aliphatic carbocycles. The number of anilines is 1. The maximum Gasteiger partial charge on any atom is 0.283 e. The summed E-state index contributed by atoms with van der Waals surface area (Å²) in [4.78, 5) is 14.1. The van der Waals surface area contributed by atoms with Gasteiger partial charge in [0.1, 0.15) is 4.47 Å². The van der Waals surface area contributed by atoms with Gasteiger partial charge < -0.3 is 15.7 Å². The average molecular weight is 317 g/mol. The van der Waals surface area contributed by atoms with Gasteiger partial charge in [-0.05, 0) is 28.8 Å². The lowest BCUT2D eigenvalue weighted by atomic mass is 10.1. The van der Waals surface area contributed by atoms with E-state index in [2.05, 4.69) is 25.9 Å². The number of aliphatic hydroxyl groups excluding tert-OH is 1. The van der Waals surface area contributed by atoms with Gasteiger partial charge in [0.25, 0.3) is 5.56 Å². The number of hydrogen-bond acceptors (Lipinski definition) is 5. The van der Waals surface area contributed by atoms with Crippen molar-refractivity contribution in [1.29, 1.82) is 0 Å². The van der Waals surface area contributed by atoms with E-state index < -0.39 is 0 Å². The van der Waals surface area contributed by atoms with E-state index in [0.717, 1.165) is 31.6 Å². The smallest absolute Gasteiger partial charge is 0.283 e. The number of nitrogens with two attached hydrogens (primary N) is 1. The van der Waals surface area contributed by atoms with Gasteiger partial charge in [0.05, 0.1) is 25.0 Å². The summed E-state index contributed by atoms with van der Waals surface area (Å²) in [5.74, 6) is 0. The van der Waals surface area contributed by atoms with Gasteiger partial charge in [-0.25, -0.2) is 4.68 Å². The Bertz CT molecular complexity index is 477. The van der Waals surface area contributed by atoms with E-state index >= 15 is 0 Å². The van der Waals surface area contributed by atoms with Crippen LogP contribution in [0, 0.1) is 0 Å². The molecule has 1 aliphatic heterocycles. The van der Waals surface area contributed by atoms with Gasteiger partial charge >= 0.3 is 0 Å². The molecule has 0 spiro atoms. The quantitative estimate of drug-likeness (QED) is 0.815. The molecule has 1 atom stereocenters. The molecular weight excluding hydrogens is 300 g/mol. The number of aromatic nitrogens is 2. The van der Waals surface area contributed by atoms with Gasteiger partial charge in [0.15, 0.2) is 0 Å². The summed E-state index contributed by atoms with van der Waals surface area (Å²) in [6.45, 7) is 1.73. The minimum absolute atomic E-state index is 0.104. The molecule has 3 N–H and O–H groups in total. The zero-order valence-electron chi connectivity index (χ0n) is 10.0. The lowest BCUT2D eigenvalue weighted by Crippen LogP contribution is -2.43. The Balaban J connectivity index is 2.29. The molecule has 1 aliphatic rings. The third-order valence-electron chi connectivity index (χ3n) is 3.08. The number of hydrogen-bond donors (Lipinski definition) is 2. The van der Waals surface area contributed by atoms with Gasteiger partial charge in [-0.15, -0.1) is 0 Å². The average Bonchev–Trinajstić information content (AvgIpc) is 2.35. The van der Waals surface area contributed by atoms with Crippen molar-refractivity contribution in [2.45, 2.75) is 25.4 Å². The molecule has 7 heteroatoms. The Labute approximate surface area is 114 Å². The number of rotatable bonds is 3. The van der Waals surface area contributed by atoms with Crippen molar-refractivity contribution in [3.63, 3.8) is 0 Å². The molecule has 0 radical (unpaired) electrons. The molecule has 1 unspecified atom stereocenters. The van der Waals surface area contributed by atoms with E-state index in [4.69, 9.17) is 10.8 Å². The van der Waals surface area contributed by atoms with E-state index in [0.29, 0.717) is 4.47 Å². The van der Waals surface area contributed by atoms with Gasteiger partial charge in [-0.3, -0.25) is 4.79 Å². The Morgan fingerprint density at radius 3 is 3.06 bits per heavy atom. The second-order valence-corrected chi connectivity index (χ2v) is 5.24. The third-order valence-corrected chi connectivity index (χ3v) is 3.82. The molecule has 18 heavy (non-hydrogen) atoms. The molecule has 0 saturated carbocycles. The van der Waals surface area contributed by atoms with E-state index in [1.165, 1.54) is 4.68 Å². The number of piperidine rings is 1. The molecule has 1 fully saturated rings. The van der Waals surface area contributed by atoms with Crippen LogP contribution in [-0.2, 0) is 6.54 Å². The summed E-state index contributed by atoms with van der Waals surface area (Å²) in [5, 5.41) is 12.9. The predicted octanol–water partition coefficient (Wildman–Crippen LogP) is -0.0744. The van der Waals surface area contributed by atoms with Gasteiger partial charge in [0.2, 0.25) is 0 Å². The first kappa shape index (κ1) is 13.5. The first-order chi connectivity index (χ1) is 8.63. The fourth-order valence-electron chi connectivity index (χ4n) is 2.16. The van der Waals surface area contributed by atoms with Crippen LogP contribution in [0.4, 0.5) is 5.69 Å². The van der Waals surface area contributed by atoms with Gasteiger partial charge in [-0.1, -0.05) is 0 Å². The lowest BCUT2D eigenvalue weighted by Gasteiger charge is -2.32. The van der Waals surface area contributed by atoms with Crippen LogP contribution in [0.25, 0.3) is 0 Å². The van der Waals surface area contributed by atoms with Crippen molar-refractivity contribution < 1.29 is 5.11 Å². The predicted molar refractivity (Wildman–Crippen MR) is 72.7 cm³/mol. The molecule has 2 rings (SSSR count). The summed E-state index contributed by atoms with van der Waals surface area (Å²) in [6.07, 6.45) is 3.69. The monoisotopic (exact) mass is 316 g/mol. The lowest BCUT2D eigenvalue weighted by molar-refractivity contribution is 0.266. The first-order valence-electron chi connectivity index (χ1n) is 6.00. The Morgan fingerprint density at radius 1 is 1.61 bits per heavy atom. The minimum atomic E-state index is -0.222. The van der Waals surface area contributed by atoms with E-state index in [-0.39, 0.29) is 24.8 Å². The highest BCUT2D eigenvalue weighted by molar-refractivity contribution is 9.10. The standard InChI is InChI=1S/C11H17BrN4O2/c12-10-9(15-3-1-2-8(13)7-15)6-14-16(4-5-17)11(10)18/h6,8,17H,1-5,7,13H2. The zero-order chi connectivity index (χ0) is 13.1. The fourth-order valence-corrected chi connectivity index (χ4v) is 2.72. The molecule has 1 aromatic rings. The maximum atomic E-state index is 12.0. The van der Waals surface area contributed by atoms with Crippen LogP contribution in [0.3, 0.4) is 0 Å². The van der Waals surface area contributed by atoms with Crippen molar-refractivity contribution in [1.82, 2.24) is 9.78 Å². The fraction of sp³-hybridized carbons (Fsp3) is 0.636. The van der Waals surface area contributed by atoms with Crippen LogP contribution in [0.2, 0.25) is 0 Å². The van der Waals surface area contributed by atoms with Crippen LogP contribution in [0.5, 0.6) is 0 Å². The van der Waals surface area contributed by atoms with Gasteiger partial charge in [0, 0.05) is 19.1 Å². The summed E-state index contributed by atoms with van der Waals surface area (Å²) in [5.41, 5.74) is 6.49. The van der Waals surface area contributed by atoms with Crippen LogP contribution in [0.15, 0.2) is 15.5 Å². The van der Waals surface area contributed by atoms with Crippen molar-refractivity contribution in [2.75, 3.05) is 24.6 Å². The van der Waals surface area contributed by atoms with E-state index in [1.807, 2.05) is 0 Å². The largest absolute Gasteiger partial charge is 0.394 e. The van der Waals surface area contributed by atoms with Crippen molar-refractivity contribution >= 4 is 21.6 Å². The SMILES string of the molecule is NC1CCCN(c2cnn(CCO)c(=O)c2Br)C1. The minimum Gasteiger partial charge on any atom is -0.394 e. The molecule has 2 heterocycles. The molecular formula is C11H17BrN4O2. The van der Waals surface area contributed by atoms with E-state index in [1.54, 1.807) is 6.20 Å². The third kappa shape index (κ3) is 2.73. The zero-order valence-corrected chi connectivity index (χ0v) is 11.6. The molecule has 0 bridgehead atoms. The highest BCUT2D eigenvalue weighted by atomic mass is 79.9. The molecule has 100 valence electrons. The van der Waals surface area contributed by atoms with Crippen LogP contribution in [0.1, 0.15) is 12.8 Å². The summed E-state index contributed by atoms with van der Waals surface area (Å²) >= 11 is 3.32. The second-order valence-electron chi connectivity index (χ2n) is 4.44. The van der Waals surface area contributed by atoms with Crippen molar-refractivity contribution in [3.8, 4) is 0 Å². The Morgan fingerprint density at radius 2 is 2.39 bits per heavy atom. The molecule has 6 nitrogen and oxygen atoms in total.